The summed E-state index contributed by atoms with van der Waals surface area (Å²) in [5, 5.41) is 5.97. The lowest BCUT2D eigenvalue weighted by atomic mass is 10.0. The number of hydrogen-bond donors (Lipinski definition) is 1. The molecule has 0 aliphatic carbocycles. The van der Waals surface area contributed by atoms with E-state index in [1.54, 1.807) is 7.11 Å². The molecule has 0 amide bonds. The molecular formula is C18H23NO2. The minimum Gasteiger partial charge on any atom is -0.496 e. The molecule has 112 valence electrons. The third-order valence-electron chi connectivity index (χ3n) is 4.31. The molecule has 0 saturated carbocycles. The Labute approximate surface area is 126 Å². The van der Waals surface area contributed by atoms with E-state index in [1.807, 2.05) is 6.07 Å². The van der Waals surface area contributed by atoms with Crippen LogP contribution in [0.3, 0.4) is 0 Å². The van der Waals surface area contributed by atoms with Gasteiger partial charge in [0, 0.05) is 25.1 Å². The third kappa shape index (κ3) is 3.04. The van der Waals surface area contributed by atoms with Crippen LogP contribution < -0.4 is 10.1 Å². The maximum Gasteiger partial charge on any atom is 0.126 e. The normalized spacial score (nSPS) is 21.8. The molecule has 3 heteroatoms. The van der Waals surface area contributed by atoms with E-state index in [1.165, 1.54) is 22.8 Å². The van der Waals surface area contributed by atoms with Crippen molar-refractivity contribution in [3.8, 4) is 5.75 Å². The number of methoxy groups -OCH3 is 1. The van der Waals surface area contributed by atoms with E-state index in [9.17, 15) is 0 Å². The lowest BCUT2D eigenvalue weighted by molar-refractivity contribution is 0.0207. The van der Waals surface area contributed by atoms with Crippen molar-refractivity contribution in [2.45, 2.75) is 31.9 Å². The van der Waals surface area contributed by atoms with Crippen molar-refractivity contribution in [3.05, 3.63) is 42.0 Å². The van der Waals surface area contributed by atoms with Crippen molar-refractivity contribution in [1.29, 1.82) is 0 Å². The average molecular weight is 285 g/mol. The summed E-state index contributed by atoms with van der Waals surface area (Å²) in [7, 11) is 1.72. The Balaban J connectivity index is 1.75. The van der Waals surface area contributed by atoms with Crippen LogP contribution in [0.5, 0.6) is 5.75 Å². The first-order chi connectivity index (χ1) is 10.2. The van der Waals surface area contributed by atoms with Gasteiger partial charge in [-0.2, -0.15) is 0 Å². The first-order valence-electron chi connectivity index (χ1n) is 7.61. The molecule has 1 unspecified atom stereocenters. The van der Waals surface area contributed by atoms with Crippen LogP contribution in [0.25, 0.3) is 10.8 Å². The largest absolute Gasteiger partial charge is 0.496 e. The van der Waals surface area contributed by atoms with Gasteiger partial charge in [-0.15, -0.1) is 0 Å². The lowest BCUT2D eigenvalue weighted by Crippen LogP contribution is -2.36. The van der Waals surface area contributed by atoms with Gasteiger partial charge >= 0.3 is 0 Å². The monoisotopic (exact) mass is 285 g/mol. The smallest absolute Gasteiger partial charge is 0.126 e. The first-order valence-corrected chi connectivity index (χ1v) is 7.61. The summed E-state index contributed by atoms with van der Waals surface area (Å²) in [4.78, 5) is 0. The van der Waals surface area contributed by atoms with Crippen molar-refractivity contribution in [1.82, 2.24) is 5.32 Å². The Morgan fingerprint density at radius 3 is 2.71 bits per heavy atom. The first kappa shape index (κ1) is 14.4. The fraction of sp³-hybridized carbons (Fsp3) is 0.444. The highest BCUT2D eigenvalue weighted by atomic mass is 16.5. The van der Waals surface area contributed by atoms with E-state index in [4.69, 9.17) is 9.47 Å². The lowest BCUT2D eigenvalue weighted by Gasteiger charge is -2.23. The molecule has 3 nitrogen and oxygen atoms in total. The zero-order valence-electron chi connectivity index (χ0n) is 12.8. The topological polar surface area (TPSA) is 30.5 Å². The van der Waals surface area contributed by atoms with Gasteiger partial charge in [-0.3, -0.25) is 0 Å². The molecule has 3 rings (SSSR count). The zero-order chi connectivity index (χ0) is 14.7. The molecule has 1 heterocycles. The second-order valence-corrected chi connectivity index (χ2v) is 5.98. The van der Waals surface area contributed by atoms with E-state index >= 15 is 0 Å². The van der Waals surface area contributed by atoms with Gasteiger partial charge in [0.15, 0.2) is 0 Å². The molecule has 0 aromatic heterocycles. The van der Waals surface area contributed by atoms with E-state index in [0.29, 0.717) is 0 Å². The van der Waals surface area contributed by atoms with Crippen molar-refractivity contribution in [3.63, 3.8) is 0 Å². The van der Waals surface area contributed by atoms with E-state index < -0.39 is 0 Å². The molecule has 21 heavy (non-hydrogen) atoms. The zero-order valence-corrected chi connectivity index (χ0v) is 12.8. The highest BCUT2D eigenvalue weighted by Gasteiger charge is 2.28. The summed E-state index contributed by atoms with van der Waals surface area (Å²) in [5.74, 6) is 0.931. The fourth-order valence-corrected chi connectivity index (χ4v) is 3.10. The van der Waals surface area contributed by atoms with Gasteiger partial charge in [0.2, 0.25) is 0 Å². The minimum absolute atomic E-state index is 0.00226. The maximum atomic E-state index is 5.82. The van der Waals surface area contributed by atoms with E-state index in [-0.39, 0.29) is 5.60 Å². The van der Waals surface area contributed by atoms with Crippen LogP contribution in [0.1, 0.15) is 25.3 Å². The predicted molar refractivity (Wildman–Crippen MR) is 85.8 cm³/mol. The third-order valence-corrected chi connectivity index (χ3v) is 4.31. The molecule has 1 aliphatic heterocycles. The van der Waals surface area contributed by atoms with Crippen LogP contribution in [-0.4, -0.2) is 25.9 Å². The molecule has 2 aromatic carbocycles. The fourth-order valence-electron chi connectivity index (χ4n) is 3.10. The van der Waals surface area contributed by atoms with E-state index in [2.05, 4.69) is 42.6 Å². The maximum absolute atomic E-state index is 5.82. The van der Waals surface area contributed by atoms with Gasteiger partial charge in [-0.25, -0.2) is 0 Å². The average Bonchev–Trinajstić information content (AvgIpc) is 2.94. The number of ether oxygens (including phenoxy) is 2. The quantitative estimate of drug-likeness (QED) is 0.912. The number of hydrogen-bond acceptors (Lipinski definition) is 3. The highest BCUT2D eigenvalue weighted by Crippen LogP contribution is 2.28. The van der Waals surface area contributed by atoms with Crippen LogP contribution in [0.4, 0.5) is 0 Å². The summed E-state index contributed by atoms with van der Waals surface area (Å²) in [6.45, 7) is 4.83. The number of rotatable bonds is 5. The van der Waals surface area contributed by atoms with Crippen molar-refractivity contribution in [2.75, 3.05) is 20.3 Å². The highest BCUT2D eigenvalue weighted by molar-refractivity contribution is 5.91. The summed E-state index contributed by atoms with van der Waals surface area (Å²) in [6, 6.07) is 12.6. The summed E-state index contributed by atoms with van der Waals surface area (Å²) >= 11 is 0. The molecule has 1 N–H and O–H groups in total. The Morgan fingerprint density at radius 2 is 2.00 bits per heavy atom. The number of nitrogens with one attached hydrogen (secondary N) is 1. The van der Waals surface area contributed by atoms with Crippen LogP contribution >= 0.6 is 0 Å². The summed E-state index contributed by atoms with van der Waals surface area (Å²) in [6.07, 6.45) is 2.31. The molecule has 0 radical (unpaired) electrons. The predicted octanol–water partition coefficient (Wildman–Crippen LogP) is 3.51. The van der Waals surface area contributed by atoms with Crippen LogP contribution in [0, 0.1) is 0 Å². The van der Waals surface area contributed by atoms with Gasteiger partial charge in [0.05, 0.1) is 12.7 Å². The second kappa shape index (κ2) is 6.04. The minimum atomic E-state index is 0.00226. The standard InChI is InChI=1S/C18H23NO2/c1-18(10-5-11-21-18)13-19-12-14-8-9-17(20-2)16-7-4-3-6-15(14)16/h3-4,6-9,19H,5,10-13H2,1-2H3. The summed E-state index contributed by atoms with van der Waals surface area (Å²) in [5.41, 5.74) is 1.30. The molecule has 1 atom stereocenters. The van der Waals surface area contributed by atoms with E-state index in [0.717, 1.165) is 31.9 Å². The van der Waals surface area contributed by atoms with Gasteiger partial charge in [0.1, 0.15) is 5.75 Å². The van der Waals surface area contributed by atoms with Crippen molar-refractivity contribution < 1.29 is 9.47 Å². The molecule has 2 aromatic rings. The molecule has 1 aliphatic rings. The number of fused-ring (bicyclic) bond motifs is 1. The van der Waals surface area contributed by atoms with Gasteiger partial charge in [0.25, 0.3) is 0 Å². The van der Waals surface area contributed by atoms with Gasteiger partial charge in [-0.05, 0) is 36.8 Å². The number of benzene rings is 2. The van der Waals surface area contributed by atoms with Crippen LogP contribution in [0.2, 0.25) is 0 Å². The Hall–Kier alpha value is -1.58. The molecule has 0 bridgehead atoms. The van der Waals surface area contributed by atoms with Crippen LogP contribution in [0.15, 0.2) is 36.4 Å². The SMILES string of the molecule is COc1ccc(CNCC2(C)CCCO2)c2ccccc12. The van der Waals surface area contributed by atoms with Gasteiger partial charge in [-0.1, -0.05) is 30.3 Å². The van der Waals surface area contributed by atoms with Gasteiger partial charge < -0.3 is 14.8 Å². The molecule has 0 spiro atoms. The molecular weight excluding hydrogens is 262 g/mol. The molecule has 1 saturated heterocycles. The van der Waals surface area contributed by atoms with Crippen molar-refractivity contribution in [2.24, 2.45) is 0 Å². The van der Waals surface area contributed by atoms with Crippen LogP contribution in [-0.2, 0) is 11.3 Å². The Kier molecular flexibility index (Phi) is 4.13. The second-order valence-electron chi connectivity index (χ2n) is 5.98. The Bertz CT molecular complexity index is 618. The Morgan fingerprint density at radius 1 is 1.19 bits per heavy atom. The molecule has 1 fully saturated rings. The summed E-state index contributed by atoms with van der Waals surface area (Å²) < 4.78 is 11.3. The van der Waals surface area contributed by atoms with Crippen molar-refractivity contribution >= 4 is 10.8 Å².